The molecule has 9 heteroatoms. The van der Waals surface area contributed by atoms with Gasteiger partial charge >= 0.3 is 5.97 Å². The molecule has 2 N–H and O–H groups in total. The summed E-state index contributed by atoms with van der Waals surface area (Å²) in [4.78, 5) is 17.6. The largest absolute Gasteiger partial charge is 0.461 e. The van der Waals surface area contributed by atoms with Gasteiger partial charge in [0.05, 0.1) is 11.5 Å². The number of imidazole rings is 1. The van der Waals surface area contributed by atoms with Crippen molar-refractivity contribution in [2.24, 2.45) is 5.14 Å². The lowest BCUT2D eigenvalue weighted by molar-refractivity contribution is 0.0509. The van der Waals surface area contributed by atoms with E-state index in [0.717, 1.165) is 41.8 Å². The number of hydrogen-bond donors (Lipinski definition) is 1. The van der Waals surface area contributed by atoms with Crippen molar-refractivity contribution in [2.45, 2.75) is 56.0 Å². The number of rotatable bonds is 11. The molecule has 3 aromatic rings. The Kier molecular flexibility index (Phi) is 8.93. The number of aryl methyl sites for hydroxylation is 1. The number of primary sulfonamides is 1. The predicted octanol–water partition coefficient (Wildman–Crippen LogP) is 4.41. The van der Waals surface area contributed by atoms with E-state index in [1.807, 2.05) is 41.2 Å². The third-order valence-electron chi connectivity index (χ3n) is 5.43. The van der Waals surface area contributed by atoms with Crippen molar-refractivity contribution < 1.29 is 17.9 Å². The number of hydrogen-bond acceptors (Lipinski definition) is 6. The minimum atomic E-state index is -3.73. The Morgan fingerprint density at radius 2 is 1.79 bits per heavy atom. The summed E-state index contributed by atoms with van der Waals surface area (Å²) in [6, 6.07) is 14.7. The minimum Gasteiger partial charge on any atom is -0.461 e. The van der Waals surface area contributed by atoms with Crippen LogP contribution in [0, 0.1) is 0 Å². The topological polar surface area (TPSA) is 104 Å². The second kappa shape index (κ2) is 11.7. The highest BCUT2D eigenvalue weighted by Crippen LogP contribution is 2.25. The average molecular weight is 502 g/mol. The Balaban J connectivity index is 1.85. The first-order chi connectivity index (χ1) is 16.3. The fourth-order valence-electron chi connectivity index (χ4n) is 3.72. The number of nitrogens with two attached hydrogens (primary N) is 1. The maximum absolute atomic E-state index is 12.7. The van der Waals surface area contributed by atoms with E-state index >= 15 is 0 Å². The summed E-state index contributed by atoms with van der Waals surface area (Å²) in [7, 11) is -3.73. The van der Waals surface area contributed by atoms with Crippen molar-refractivity contribution in [2.75, 3.05) is 12.9 Å². The molecule has 1 heterocycles. The number of aromatic nitrogens is 2. The molecule has 0 saturated carbocycles. The highest BCUT2D eigenvalue weighted by molar-refractivity contribution is 7.98. The van der Waals surface area contributed by atoms with Crippen LogP contribution in [0.15, 0.2) is 58.5 Å². The van der Waals surface area contributed by atoms with E-state index in [-0.39, 0.29) is 10.9 Å². The van der Waals surface area contributed by atoms with Gasteiger partial charge in [-0.3, -0.25) is 0 Å². The molecule has 0 saturated heterocycles. The Bertz CT molecular complexity index is 1240. The first-order valence-electron chi connectivity index (χ1n) is 11.3. The maximum Gasteiger partial charge on any atom is 0.357 e. The molecule has 34 heavy (non-hydrogen) atoms. The standard InChI is InChI=1S/C25H31N3O4S2/c1-4-6-10-22-27-24(33-3)23(25(29)32-5-2)28(22)17-19-13-11-18(12-14-19)15-20-8-7-9-21(16-20)34(26,30)31/h7-9,11-14,16H,4-6,10,15,17H2,1-3H3,(H2,26,30,31). The normalized spacial score (nSPS) is 11.5. The van der Waals surface area contributed by atoms with E-state index < -0.39 is 10.0 Å². The summed E-state index contributed by atoms with van der Waals surface area (Å²) >= 11 is 1.45. The lowest BCUT2D eigenvalue weighted by atomic mass is 10.0. The van der Waals surface area contributed by atoms with E-state index in [1.54, 1.807) is 19.1 Å². The molecule has 0 bridgehead atoms. The molecular formula is C25H31N3O4S2. The number of sulfonamides is 1. The van der Waals surface area contributed by atoms with Crippen molar-refractivity contribution in [1.29, 1.82) is 0 Å². The average Bonchev–Trinajstić information content (AvgIpc) is 3.16. The van der Waals surface area contributed by atoms with Gasteiger partial charge in [-0.1, -0.05) is 49.7 Å². The van der Waals surface area contributed by atoms with Crippen LogP contribution in [0.4, 0.5) is 0 Å². The number of carbonyl (C=O) groups is 1. The molecule has 0 amide bonds. The van der Waals surface area contributed by atoms with Crippen LogP contribution >= 0.6 is 11.8 Å². The van der Waals surface area contributed by atoms with Gasteiger partial charge in [-0.15, -0.1) is 11.8 Å². The number of benzene rings is 2. The zero-order valence-corrected chi connectivity index (χ0v) is 21.4. The molecule has 3 rings (SSSR count). The van der Waals surface area contributed by atoms with Gasteiger partial charge in [0.2, 0.25) is 10.0 Å². The van der Waals surface area contributed by atoms with Gasteiger partial charge in [-0.2, -0.15) is 0 Å². The molecule has 182 valence electrons. The fraction of sp³-hybridized carbons (Fsp3) is 0.360. The Morgan fingerprint density at radius 1 is 1.09 bits per heavy atom. The Labute approximate surface area is 205 Å². The van der Waals surface area contributed by atoms with E-state index in [9.17, 15) is 13.2 Å². The van der Waals surface area contributed by atoms with Crippen LogP contribution < -0.4 is 5.14 Å². The molecule has 0 atom stereocenters. The van der Waals surface area contributed by atoms with Crippen LogP contribution in [-0.2, 0) is 34.1 Å². The number of thioether (sulfide) groups is 1. The van der Waals surface area contributed by atoms with Gasteiger partial charge in [0.15, 0.2) is 5.69 Å². The Hall–Kier alpha value is -2.62. The fourth-order valence-corrected chi connectivity index (χ4v) is 4.89. The van der Waals surface area contributed by atoms with Crippen molar-refractivity contribution in [3.05, 3.63) is 76.7 Å². The summed E-state index contributed by atoms with van der Waals surface area (Å²) < 4.78 is 30.5. The van der Waals surface area contributed by atoms with Gasteiger partial charge in [0.1, 0.15) is 10.9 Å². The SMILES string of the molecule is CCCCc1nc(SC)c(C(=O)OCC)n1Cc1ccc(Cc2cccc(S(N)(=O)=O)c2)cc1. The van der Waals surface area contributed by atoms with Gasteiger partial charge in [-0.25, -0.2) is 23.3 Å². The van der Waals surface area contributed by atoms with Crippen LogP contribution in [0.1, 0.15) is 59.7 Å². The molecule has 0 unspecified atom stereocenters. The lowest BCUT2D eigenvalue weighted by Crippen LogP contribution is -2.16. The highest BCUT2D eigenvalue weighted by atomic mass is 32.2. The maximum atomic E-state index is 12.7. The van der Waals surface area contributed by atoms with Crippen LogP contribution in [0.3, 0.4) is 0 Å². The van der Waals surface area contributed by atoms with E-state index in [0.29, 0.717) is 30.3 Å². The highest BCUT2D eigenvalue weighted by Gasteiger charge is 2.23. The molecule has 1 aromatic heterocycles. The summed E-state index contributed by atoms with van der Waals surface area (Å²) in [5.74, 6) is 0.534. The zero-order valence-electron chi connectivity index (χ0n) is 19.8. The molecule has 0 aliphatic carbocycles. The number of ether oxygens (including phenoxy) is 1. The summed E-state index contributed by atoms with van der Waals surface area (Å²) in [5.41, 5.74) is 3.45. The second-order valence-corrected chi connectivity index (χ2v) is 10.3. The molecule has 0 spiro atoms. The predicted molar refractivity (Wildman–Crippen MR) is 135 cm³/mol. The van der Waals surface area contributed by atoms with Crippen molar-refractivity contribution in [3.63, 3.8) is 0 Å². The van der Waals surface area contributed by atoms with Crippen LogP contribution in [0.5, 0.6) is 0 Å². The van der Waals surface area contributed by atoms with E-state index in [2.05, 4.69) is 6.92 Å². The molecule has 0 radical (unpaired) electrons. The van der Waals surface area contributed by atoms with Gasteiger partial charge in [0, 0.05) is 13.0 Å². The molecule has 0 aliphatic rings. The first kappa shape index (κ1) is 26.0. The minimum absolute atomic E-state index is 0.109. The number of nitrogens with zero attached hydrogens (tertiary/aromatic N) is 2. The summed E-state index contributed by atoms with van der Waals surface area (Å²) in [6.07, 6.45) is 5.32. The lowest BCUT2D eigenvalue weighted by Gasteiger charge is -2.13. The second-order valence-electron chi connectivity index (χ2n) is 7.98. The van der Waals surface area contributed by atoms with E-state index in [1.165, 1.54) is 17.8 Å². The van der Waals surface area contributed by atoms with Gasteiger partial charge in [0.25, 0.3) is 0 Å². The smallest absolute Gasteiger partial charge is 0.357 e. The first-order valence-corrected chi connectivity index (χ1v) is 14.0. The zero-order chi connectivity index (χ0) is 24.7. The molecule has 2 aromatic carbocycles. The number of unbranched alkanes of at least 4 members (excludes halogenated alkanes) is 1. The Morgan fingerprint density at radius 3 is 2.41 bits per heavy atom. The molecular weight excluding hydrogens is 470 g/mol. The van der Waals surface area contributed by atoms with E-state index in [4.69, 9.17) is 14.9 Å². The summed E-state index contributed by atoms with van der Waals surface area (Å²) in [6.45, 7) is 4.75. The molecule has 0 aliphatic heterocycles. The van der Waals surface area contributed by atoms with Crippen molar-refractivity contribution >= 4 is 27.8 Å². The number of carbonyl (C=O) groups excluding carboxylic acids is 1. The monoisotopic (exact) mass is 501 g/mol. The number of esters is 1. The van der Waals surface area contributed by atoms with Gasteiger partial charge < -0.3 is 9.30 Å². The van der Waals surface area contributed by atoms with Crippen molar-refractivity contribution in [3.8, 4) is 0 Å². The van der Waals surface area contributed by atoms with Crippen LogP contribution in [0.2, 0.25) is 0 Å². The van der Waals surface area contributed by atoms with Gasteiger partial charge in [-0.05, 0) is 54.8 Å². The quantitative estimate of drug-likeness (QED) is 0.308. The molecule has 7 nitrogen and oxygen atoms in total. The third kappa shape index (κ3) is 6.49. The molecule has 0 fully saturated rings. The van der Waals surface area contributed by atoms with Crippen molar-refractivity contribution in [1.82, 2.24) is 9.55 Å². The third-order valence-corrected chi connectivity index (χ3v) is 7.01. The van der Waals surface area contributed by atoms with Crippen LogP contribution in [-0.4, -0.2) is 36.8 Å². The summed E-state index contributed by atoms with van der Waals surface area (Å²) in [5, 5.41) is 5.94. The van der Waals surface area contributed by atoms with Crippen LogP contribution in [0.25, 0.3) is 0 Å².